The zero-order valence-electron chi connectivity index (χ0n) is 11.0. The van der Waals surface area contributed by atoms with Gasteiger partial charge in [0.05, 0.1) is 12.8 Å². The molecule has 1 aromatic carbocycles. The lowest BCUT2D eigenvalue weighted by Crippen LogP contribution is -2.17. The van der Waals surface area contributed by atoms with Gasteiger partial charge in [-0.2, -0.15) is 0 Å². The molecule has 18 heavy (non-hydrogen) atoms. The van der Waals surface area contributed by atoms with E-state index in [1.165, 1.54) is 11.3 Å². The van der Waals surface area contributed by atoms with Gasteiger partial charge < -0.3 is 15.1 Å². The summed E-state index contributed by atoms with van der Waals surface area (Å²) in [5.41, 5.74) is 9.29. The molecule has 2 N–H and O–H groups in total. The first-order valence-electron chi connectivity index (χ1n) is 6.30. The van der Waals surface area contributed by atoms with E-state index < -0.39 is 0 Å². The van der Waals surface area contributed by atoms with E-state index in [9.17, 15) is 0 Å². The minimum Gasteiger partial charge on any atom is -0.467 e. The van der Waals surface area contributed by atoms with Crippen LogP contribution in [-0.4, -0.2) is 7.05 Å². The second-order valence-corrected chi connectivity index (χ2v) is 4.45. The van der Waals surface area contributed by atoms with E-state index in [1.807, 2.05) is 6.07 Å². The van der Waals surface area contributed by atoms with Gasteiger partial charge in [-0.15, -0.1) is 0 Å². The summed E-state index contributed by atoms with van der Waals surface area (Å²) in [5, 5.41) is 0. The third-order valence-corrected chi connectivity index (χ3v) is 3.22. The maximum absolute atomic E-state index is 5.67. The van der Waals surface area contributed by atoms with Crippen molar-refractivity contribution in [3.63, 3.8) is 0 Å². The molecule has 2 aromatic rings. The van der Waals surface area contributed by atoms with E-state index >= 15 is 0 Å². The van der Waals surface area contributed by atoms with Gasteiger partial charge >= 0.3 is 0 Å². The first kappa shape index (κ1) is 12.7. The van der Waals surface area contributed by atoms with E-state index in [1.54, 1.807) is 6.26 Å². The predicted octanol–water partition coefficient (Wildman–Crippen LogP) is 2.94. The topological polar surface area (TPSA) is 42.4 Å². The van der Waals surface area contributed by atoms with Gasteiger partial charge in [0.15, 0.2) is 0 Å². The molecule has 0 saturated carbocycles. The third-order valence-electron chi connectivity index (χ3n) is 3.22. The average molecular weight is 244 g/mol. The fourth-order valence-electron chi connectivity index (χ4n) is 1.98. The summed E-state index contributed by atoms with van der Waals surface area (Å²) >= 11 is 0. The lowest BCUT2D eigenvalue weighted by molar-refractivity contribution is 0.503. The minimum absolute atomic E-state index is 0.522. The molecule has 0 fully saturated rings. The lowest BCUT2D eigenvalue weighted by Gasteiger charge is -2.19. The minimum atomic E-state index is 0.522. The van der Waals surface area contributed by atoms with Crippen molar-refractivity contribution < 1.29 is 4.42 Å². The Balaban J connectivity index is 2.09. The van der Waals surface area contributed by atoms with Crippen LogP contribution >= 0.6 is 0 Å². The first-order valence-corrected chi connectivity index (χ1v) is 6.30. The van der Waals surface area contributed by atoms with Crippen molar-refractivity contribution in [2.24, 2.45) is 5.73 Å². The maximum atomic E-state index is 5.67. The molecule has 0 unspecified atom stereocenters. The zero-order valence-corrected chi connectivity index (χ0v) is 11.0. The van der Waals surface area contributed by atoms with Crippen LogP contribution in [0, 0.1) is 0 Å². The quantitative estimate of drug-likeness (QED) is 0.879. The summed E-state index contributed by atoms with van der Waals surface area (Å²) in [6, 6.07) is 10.5. The van der Waals surface area contributed by atoms with Gasteiger partial charge in [-0.1, -0.05) is 19.1 Å². The van der Waals surface area contributed by atoms with E-state index in [2.05, 4.69) is 43.1 Å². The van der Waals surface area contributed by atoms with Crippen LogP contribution in [0.15, 0.2) is 41.0 Å². The summed E-state index contributed by atoms with van der Waals surface area (Å²) < 4.78 is 5.47. The second-order valence-electron chi connectivity index (χ2n) is 4.45. The molecule has 0 bridgehead atoms. The number of nitrogens with two attached hydrogens (primary N) is 1. The SMILES string of the molecule is CCc1ccc(N(C)Cc2occc2CN)cc1. The lowest BCUT2D eigenvalue weighted by atomic mass is 10.1. The third kappa shape index (κ3) is 2.74. The Morgan fingerprint density at radius 2 is 1.89 bits per heavy atom. The van der Waals surface area contributed by atoms with Crippen LogP contribution in [0.25, 0.3) is 0 Å². The van der Waals surface area contributed by atoms with Gasteiger partial charge in [-0.25, -0.2) is 0 Å². The van der Waals surface area contributed by atoms with Crippen molar-refractivity contribution >= 4 is 5.69 Å². The second kappa shape index (κ2) is 5.74. The normalized spacial score (nSPS) is 10.6. The summed E-state index contributed by atoms with van der Waals surface area (Å²) in [4.78, 5) is 2.16. The molecule has 0 amide bonds. The molecule has 0 saturated heterocycles. The Kier molecular flexibility index (Phi) is 4.05. The van der Waals surface area contributed by atoms with Crippen molar-refractivity contribution in [3.8, 4) is 0 Å². The van der Waals surface area contributed by atoms with Crippen molar-refractivity contribution in [2.75, 3.05) is 11.9 Å². The standard InChI is InChI=1S/C15H20N2O/c1-3-12-4-6-14(7-5-12)17(2)11-15-13(10-16)8-9-18-15/h4-9H,3,10-11,16H2,1-2H3. The van der Waals surface area contributed by atoms with Crippen LogP contribution < -0.4 is 10.6 Å². The van der Waals surface area contributed by atoms with Crippen molar-refractivity contribution in [2.45, 2.75) is 26.4 Å². The van der Waals surface area contributed by atoms with Gasteiger partial charge in [0.1, 0.15) is 5.76 Å². The van der Waals surface area contributed by atoms with Crippen molar-refractivity contribution in [1.82, 2.24) is 0 Å². The molecule has 0 aliphatic heterocycles. The average Bonchev–Trinajstić information content (AvgIpc) is 2.86. The Labute approximate surface area is 108 Å². The van der Waals surface area contributed by atoms with Crippen LogP contribution in [0.3, 0.4) is 0 Å². The van der Waals surface area contributed by atoms with Crippen molar-refractivity contribution in [1.29, 1.82) is 0 Å². The van der Waals surface area contributed by atoms with Crippen LogP contribution in [0.4, 0.5) is 5.69 Å². The summed E-state index contributed by atoms with van der Waals surface area (Å²) in [6.45, 7) is 3.43. The number of nitrogens with zero attached hydrogens (tertiary/aromatic N) is 1. The molecule has 1 aromatic heterocycles. The number of hydrogen-bond donors (Lipinski definition) is 1. The molecule has 2 rings (SSSR count). The maximum Gasteiger partial charge on any atom is 0.127 e. The molecular formula is C15H20N2O. The number of hydrogen-bond acceptors (Lipinski definition) is 3. The molecule has 0 aliphatic rings. The number of aryl methyl sites for hydroxylation is 1. The van der Waals surface area contributed by atoms with Crippen LogP contribution in [0.2, 0.25) is 0 Å². The number of benzene rings is 1. The summed E-state index contributed by atoms with van der Waals surface area (Å²) in [5.74, 6) is 0.944. The molecule has 96 valence electrons. The molecule has 3 nitrogen and oxygen atoms in total. The van der Waals surface area contributed by atoms with Gasteiger partial charge in [0.2, 0.25) is 0 Å². The number of anilines is 1. The molecule has 0 atom stereocenters. The molecule has 3 heteroatoms. The van der Waals surface area contributed by atoms with Gasteiger partial charge in [0, 0.05) is 24.8 Å². The smallest absolute Gasteiger partial charge is 0.127 e. The van der Waals surface area contributed by atoms with Crippen molar-refractivity contribution in [3.05, 3.63) is 53.5 Å². The van der Waals surface area contributed by atoms with Crippen LogP contribution in [-0.2, 0) is 19.5 Å². The van der Waals surface area contributed by atoms with E-state index in [0.29, 0.717) is 6.54 Å². The Bertz CT molecular complexity index is 487. The van der Waals surface area contributed by atoms with Crippen LogP contribution in [0.1, 0.15) is 23.8 Å². The highest BCUT2D eigenvalue weighted by molar-refractivity contribution is 5.47. The van der Waals surface area contributed by atoms with Gasteiger partial charge in [-0.3, -0.25) is 0 Å². The summed E-state index contributed by atoms with van der Waals surface area (Å²) in [7, 11) is 2.06. The summed E-state index contributed by atoms with van der Waals surface area (Å²) in [6.07, 6.45) is 2.77. The van der Waals surface area contributed by atoms with E-state index in [4.69, 9.17) is 10.2 Å². The van der Waals surface area contributed by atoms with Crippen LogP contribution in [0.5, 0.6) is 0 Å². The molecule has 0 spiro atoms. The highest BCUT2D eigenvalue weighted by atomic mass is 16.3. The van der Waals surface area contributed by atoms with E-state index in [0.717, 1.165) is 24.3 Å². The van der Waals surface area contributed by atoms with Gasteiger partial charge in [0.25, 0.3) is 0 Å². The monoisotopic (exact) mass is 244 g/mol. The molecule has 0 radical (unpaired) electrons. The zero-order chi connectivity index (χ0) is 13.0. The fourth-order valence-corrected chi connectivity index (χ4v) is 1.98. The Morgan fingerprint density at radius 1 is 1.17 bits per heavy atom. The highest BCUT2D eigenvalue weighted by Crippen LogP contribution is 2.19. The first-order chi connectivity index (χ1) is 8.74. The van der Waals surface area contributed by atoms with E-state index in [-0.39, 0.29) is 0 Å². The number of furan rings is 1. The Hall–Kier alpha value is -1.74. The largest absolute Gasteiger partial charge is 0.467 e. The predicted molar refractivity (Wildman–Crippen MR) is 74.5 cm³/mol. The Morgan fingerprint density at radius 3 is 2.50 bits per heavy atom. The highest BCUT2D eigenvalue weighted by Gasteiger charge is 2.08. The molecular weight excluding hydrogens is 224 g/mol. The molecule has 0 aliphatic carbocycles. The van der Waals surface area contributed by atoms with Gasteiger partial charge in [-0.05, 0) is 30.2 Å². The number of rotatable bonds is 5. The molecule has 1 heterocycles. The fraction of sp³-hybridized carbons (Fsp3) is 0.333.